The Balaban J connectivity index is 1.29. The van der Waals surface area contributed by atoms with Crippen molar-refractivity contribution in [1.29, 1.82) is 0 Å². The number of nitrogens with one attached hydrogen (secondary N) is 2. The molecular weight excluding hydrogens is 410 g/mol. The van der Waals surface area contributed by atoms with Gasteiger partial charge in [0.05, 0.1) is 13.2 Å². The van der Waals surface area contributed by atoms with Crippen molar-refractivity contribution in [3.05, 3.63) is 65.7 Å². The van der Waals surface area contributed by atoms with Gasteiger partial charge < -0.3 is 15.4 Å². The predicted octanol–water partition coefficient (Wildman–Crippen LogP) is 3.66. The van der Waals surface area contributed by atoms with Gasteiger partial charge in [0.25, 0.3) is 0 Å². The van der Waals surface area contributed by atoms with E-state index in [-0.39, 0.29) is 0 Å². The normalized spacial score (nSPS) is 19.4. The van der Waals surface area contributed by atoms with Crippen LogP contribution in [0.25, 0.3) is 0 Å². The maximum absolute atomic E-state index is 5.48. The van der Waals surface area contributed by atoms with Gasteiger partial charge in [0.15, 0.2) is 5.96 Å². The molecule has 4 rings (SSSR count). The first-order valence-corrected chi connectivity index (χ1v) is 12.4. The molecule has 1 unspecified atom stereocenters. The molecule has 2 saturated heterocycles. The number of likely N-dealkylation sites (tertiary alicyclic amines) is 2. The summed E-state index contributed by atoms with van der Waals surface area (Å²) in [6.45, 7) is 6.40. The molecule has 2 aromatic rings. The van der Waals surface area contributed by atoms with E-state index in [0.717, 1.165) is 63.8 Å². The van der Waals surface area contributed by atoms with E-state index in [0.29, 0.717) is 12.1 Å². The number of nitrogens with zero attached hydrogens (tertiary/aromatic N) is 3. The standard InChI is InChI=1S/C27H39N5O/c1-28-27(30-24-13-17-31(18-14-24)21-22-9-4-3-5-10-22)29-20-26(32-15-6-7-16-32)23-11-8-12-25(19-23)33-2/h3-5,8-12,19,24,26H,6-7,13-18,20-21H2,1-2H3,(H2,28,29,30). The molecular formula is C27H39N5O. The summed E-state index contributed by atoms with van der Waals surface area (Å²) in [5.41, 5.74) is 2.69. The van der Waals surface area contributed by atoms with Gasteiger partial charge >= 0.3 is 0 Å². The van der Waals surface area contributed by atoms with Crippen LogP contribution in [0.5, 0.6) is 5.75 Å². The summed E-state index contributed by atoms with van der Waals surface area (Å²) in [4.78, 5) is 9.66. The lowest BCUT2D eigenvalue weighted by Gasteiger charge is -2.34. The van der Waals surface area contributed by atoms with E-state index in [2.05, 4.69) is 74.0 Å². The lowest BCUT2D eigenvalue weighted by molar-refractivity contribution is 0.198. The molecule has 6 heteroatoms. The molecule has 6 nitrogen and oxygen atoms in total. The third-order valence-electron chi connectivity index (χ3n) is 6.92. The Morgan fingerprint density at radius 2 is 1.79 bits per heavy atom. The molecule has 2 aliphatic heterocycles. The molecule has 2 aromatic carbocycles. The Hall–Kier alpha value is -2.57. The van der Waals surface area contributed by atoms with Crippen LogP contribution in [-0.4, -0.2) is 68.7 Å². The molecule has 0 saturated carbocycles. The summed E-state index contributed by atoms with van der Waals surface area (Å²) in [7, 11) is 3.61. The minimum atomic E-state index is 0.314. The van der Waals surface area contributed by atoms with E-state index < -0.39 is 0 Å². The number of hydrogen-bond donors (Lipinski definition) is 2. The summed E-state index contributed by atoms with van der Waals surface area (Å²) in [5, 5.41) is 7.30. The Morgan fingerprint density at radius 3 is 2.48 bits per heavy atom. The molecule has 1 atom stereocenters. The number of ether oxygens (including phenoxy) is 1. The van der Waals surface area contributed by atoms with Gasteiger partial charge in [0.1, 0.15) is 5.75 Å². The number of aliphatic imine (C=N–C) groups is 1. The zero-order chi connectivity index (χ0) is 22.9. The maximum atomic E-state index is 5.48. The highest BCUT2D eigenvalue weighted by atomic mass is 16.5. The first-order chi connectivity index (χ1) is 16.2. The highest BCUT2D eigenvalue weighted by molar-refractivity contribution is 5.80. The molecule has 178 valence electrons. The van der Waals surface area contributed by atoms with Gasteiger partial charge in [0, 0.05) is 39.3 Å². The van der Waals surface area contributed by atoms with E-state index >= 15 is 0 Å². The largest absolute Gasteiger partial charge is 0.497 e. The zero-order valence-electron chi connectivity index (χ0n) is 20.2. The van der Waals surface area contributed by atoms with Crippen LogP contribution in [0.15, 0.2) is 59.6 Å². The number of rotatable bonds is 8. The third-order valence-corrected chi connectivity index (χ3v) is 6.92. The highest BCUT2D eigenvalue weighted by Crippen LogP contribution is 2.27. The third kappa shape index (κ3) is 6.71. The zero-order valence-corrected chi connectivity index (χ0v) is 20.2. The Kier molecular flexibility index (Phi) is 8.61. The van der Waals surface area contributed by atoms with Crippen molar-refractivity contribution in [2.24, 2.45) is 4.99 Å². The first-order valence-electron chi connectivity index (χ1n) is 12.4. The number of benzene rings is 2. The summed E-state index contributed by atoms with van der Waals surface area (Å²) in [6, 6.07) is 20.0. The van der Waals surface area contributed by atoms with Crippen LogP contribution in [0, 0.1) is 0 Å². The SMILES string of the molecule is CN=C(NCC(c1cccc(OC)c1)N1CCCC1)NC1CCN(Cc2ccccc2)CC1. The molecule has 33 heavy (non-hydrogen) atoms. The topological polar surface area (TPSA) is 52.1 Å². The Labute approximate surface area is 199 Å². The molecule has 2 N–H and O–H groups in total. The van der Waals surface area contributed by atoms with Crippen molar-refractivity contribution in [1.82, 2.24) is 20.4 Å². The van der Waals surface area contributed by atoms with Gasteiger partial charge in [-0.3, -0.25) is 14.8 Å². The van der Waals surface area contributed by atoms with Crippen LogP contribution in [0.2, 0.25) is 0 Å². The van der Waals surface area contributed by atoms with Gasteiger partial charge in [-0.05, 0) is 62.0 Å². The lowest BCUT2D eigenvalue weighted by Crippen LogP contribution is -2.49. The fourth-order valence-corrected chi connectivity index (χ4v) is 5.02. The van der Waals surface area contributed by atoms with Gasteiger partial charge in [-0.15, -0.1) is 0 Å². The Bertz CT molecular complexity index is 873. The number of hydrogen-bond acceptors (Lipinski definition) is 4. The predicted molar refractivity (Wildman–Crippen MR) is 136 cm³/mol. The van der Waals surface area contributed by atoms with E-state index in [1.54, 1.807) is 7.11 Å². The van der Waals surface area contributed by atoms with Crippen LogP contribution in [0.1, 0.15) is 42.9 Å². The Morgan fingerprint density at radius 1 is 1.03 bits per heavy atom. The summed E-state index contributed by atoms with van der Waals surface area (Å²) < 4.78 is 5.48. The van der Waals surface area contributed by atoms with E-state index in [1.807, 2.05) is 13.1 Å². The van der Waals surface area contributed by atoms with Crippen molar-refractivity contribution in [3.63, 3.8) is 0 Å². The first kappa shape index (κ1) is 23.6. The molecule has 0 amide bonds. The molecule has 0 spiro atoms. The highest BCUT2D eigenvalue weighted by Gasteiger charge is 2.25. The molecule has 0 aliphatic carbocycles. The fraction of sp³-hybridized carbons (Fsp3) is 0.519. The van der Waals surface area contributed by atoms with Crippen LogP contribution in [0.3, 0.4) is 0 Å². The summed E-state index contributed by atoms with van der Waals surface area (Å²) >= 11 is 0. The summed E-state index contributed by atoms with van der Waals surface area (Å²) in [5.74, 6) is 1.82. The second kappa shape index (κ2) is 12.1. The smallest absolute Gasteiger partial charge is 0.191 e. The van der Waals surface area contributed by atoms with E-state index in [9.17, 15) is 0 Å². The minimum Gasteiger partial charge on any atom is -0.497 e. The lowest BCUT2D eigenvalue weighted by atomic mass is 10.0. The molecule has 2 fully saturated rings. The summed E-state index contributed by atoms with van der Waals surface area (Å²) in [6.07, 6.45) is 4.82. The number of guanidine groups is 1. The molecule has 0 radical (unpaired) electrons. The van der Waals surface area contributed by atoms with Crippen LogP contribution < -0.4 is 15.4 Å². The van der Waals surface area contributed by atoms with E-state index in [1.165, 1.54) is 24.0 Å². The van der Waals surface area contributed by atoms with Crippen molar-refractivity contribution < 1.29 is 4.74 Å². The van der Waals surface area contributed by atoms with Gasteiger partial charge in [0.2, 0.25) is 0 Å². The molecule has 2 heterocycles. The van der Waals surface area contributed by atoms with Crippen molar-refractivity contribution >= 4 is 5.96 Å². The monoisotopic (exact) mass is 449 g/mol. The average molecular weight is 450 g/mol. The van der Waals surface area contributed by atoms with Crippen molar-refractivity contribution in [2.75, 3.05) is 46.9 Å². The average Bonchev–Trinajstić information content (AvgIpc) is 3.40. The van der Waals surface area contributed by atoms with Gasteiger partial charge in [-0.2, -0.15) is 0 Å². The van der Waals surface area contributed by atoms with Crippen LogP contribution in [0.4, 0.5) is 0 Å². The van der Waals surface area contributed by atoms with Crippen molar-refractivity contribution in [2.45, 2.75) is 44.3 Å². The van der Waals surface area contributed by atoms with E-state index in [4.69, 9.17) is 4.74 Å². The van der Waals surface area contributed by atoms with Crippen LogP contribution in [-0.2, 0) is 6.54 Å². The minimum absolute atomic E-state index is 0.314. The molecule has 2 aliphatic rings. The second-order valence-electron chi connectivity index (χ2n) is 9.17. The quantitative estimate of drug-likeness (QED) is 0.476. The molecule has 0 aromatic heterocycles. The number of piperidine rings is 1. The van der Waals surface area contributed by atoms with Gasteiger partial charge in [-0.25, -0.2) is 0 Å². The van der Waals surface area contributed by atoms with Crippen molar-refractivity contribution in [3.8, 4) is 5.75 Å². The number of methoxy groups -OCH3 is 1. The van der Waals surface area contributed by atoms with Gasteiger partial charge in [-0.1, -0.05) is 42.5 Å². The fourth-order valence-electron chi connectivity index (χ4n) is 5.02. The second-order valence-corrected chi connectivity index (χ2v) is 9.17. The maximum Gasteiger partial charge on any atom is 0.191 e. The molecule has 0 bridgehead atoms. The van der Waals surface area contributed by atoms with Crippen LogP contribution >= 0.6 is 0 Å².